The Morgan fingerprint density at radius 2 is 1.89 bits per heavy atom. The van der Waals surface area contributed by atoms with Crippen LogP contribution in [0.15, 0.2) is 17.0 Å². The van der Waals surface area contributed by atoms with E-state index >= 15 is 0 Å². The molecule has 1 aromatic carbocycles. The van der Waals surface area contributed by atoms with Crippen LogP contribution in [0.25, 0.3) is 0 Å². The maximum atomic E-state index is 12.8. The molecule has 0 saturated heterocycles. The predicted molar refractivity (Wildman–Crippen MR) is 58.8 cm³/mol. The fourth-order valence-corrected chi connectivity index (χ4v) is 2.65. The van der Waals surface area contributed by atoms with Crippen molar-refractivity contribution in [1.29, 1.82) is 5.26 Å². The zero-order valence-corrected chi connectivity index (χ0v) is 10.8. The molecule has 0 aromatic heterocycles. The van der Waals surface area contributed by atoms with Crippen LogP contribution in [0.4, 0.5) is 13.2 Å². The molecule has 0 amide bonds. The second-order valence-corrected chi connectivity index (χ2v) is 5.96. The molecule has 0 aliphatic rings. The first-order valence-electron chi connectivity index (χ1n) is 4.26. The molecule has 0 bridgehead atoms. The van der Waals surface area contributed by atoms with Crippen LogP contribution in [0.5, 0.6) is 0 Å². The van der Waals surface area contributed by atoms with E-state index in [4.69, 9.17) is 27.5 Å². The molecule has 0 atom stereocenters. The maximum absolute atomic E-state index is 12.8. The van der Waals surface area contributed by atoms with Crippen LogP contribution < -0.4 is 0 Å². The number of alkyl halides is 4. The molecule has 0 aliphatic heterocycles. The van der Waals surface area contributed by atoms with Gasteiger partial charge in [-0.05, 0) is 11.6 Å². The number of hydrogen-bond acceptors (Lipinski definition) is 3. The van der Waals surface area contributed by atoms with Crippen molar-refractivity contribution in [3.05, 3.63) is 28.8 Å². The number of halogens is 5. The number of hydrogen-bond donors (Lipinski definition) is 0. The van der Waals surface area contributed by atoms with Gasteiger partial charge in [0.2, 0.25) is 0 Å². The van der Waals surface area contributed by atoms with Crippen LogP contribution in [0.1, 0.15) is 16.7 Å². The van der Waals surface area contributed by atoms with Gasteiger partial charge in [-0.3, -0.25) is 0 Å². The molecule has 9 heteroatoms. The topological polar surface area (TPSA) is 57.9 Å². The molecule has 0 saturated carbocycles. The Bertz CT molecular complexity index is 620. The van der Waals surface area contributed by atoms with Crippen LogP contribution in [-0.4, -0.2) is 8.42 Å². The lowest BCUT2D eigenvalue weighted by atomic mass is 10.0. The van der Waals surface area contributed by atoms with Crippen molar-refractivity contribution in [2.75, 3.05) is 0 Å². The molecular weight excluding hydrogens is 314 g/mol. The number of rotatable bonds is 2. The van der Waals surface area contributed by atoms with E-state index in [1.165, 1.54) is 6.07 Å². The monoisotopic (exact) mass is 317 g/mol. The fraction of sp³-hybridized carbons (Fsp3) is 0.222. The third-order valence-corrected chi connectivity index (χ3v) is 3.71. The van der Waals surface area contributed by atoms with Crippen molar-refractivity contribution in [3.63, 3.8) is 0 Å². The average Bonchev–Trinajstić information content (AvgIpc) is 2.24. The Morgan fingerprint density at radius 3 is 2.22 bits per heavy atom. The molecule has 18 heavy (non-hydrogen) atoms. The molecular formula is C9H4Cl2F3NO2S. The molecule has 3 nitrogen and oxygen atoms in total. The van der Waals surface area contributed by atoms with E-state index in [0.29, 0.717) is 6.07 Å². The SMILES string of the molecule is N#Cc1c(CCl)ccc(S(=O)(=O)Cl)c1C(F)(F)F. The first kappa shape index (κ1) is 15.1. The summed E-state index contributed by atoms with van der Waals surface area (Å²) in [7, 11) is 0.308. The van der Waals surface area contributed by atoms with Crippen LogP contribution in [0.2, 0.25) is 0 Å². The number of benzene rings is 1. The highest BCUT2D eigenvalue weighted by molar-refractivity contribution is 8.13. The molecule has 0 N–H and O–H groups in total. The standard InChI is InChI=1S/C9H4Cl2F3NO2S/c10-3-5-1-2-7(18(11,16)17)8(6(5)4-15)9(12,13)14/h1-2H,3H2. The summed E-state index contributed by atoms with van der Waals surface area (Å²) in [6.07, 6.45) is -5.02. The summed E-state index contributed by atoms with van der Waals surface area (Å²) in [6.45, 7) is 0. The van der Waals surface area contributed by atoms with Crippen molar-refractivity contribution in [2.45, 2.75) is 17.0 Å². The van der Waals surface area contributed by atoms with Gasteiger partial charge in [0.25, 0.3) is 9.05 Å². The second kappa shape index (κ2) is 4.96. The summed E-state index contributed by atoms with van der Waals surface area (Å²) in [5.74, 6) is -0.353. The van der Waals surface area contributed by atoms with Crippen LogP contribution in [0.3, 0.4) is 0 Å². The Kier molecular flexibility index (Phi) is 4.15. The normalized spacial score (nSPS) is 12.2. The van der Waals surface area contributed by atoms with Gasteiger partial charge in [-0.1, -0.05) is 6.07 Å². The Morgan fingerprint density at radius 1 is 1.33 bits per heavy atom. The van der Waals surface area contributed by atoms with Crippen LogP contribution in [-0.2, 0) is 21.1 Å². The lowest BCUT2D eigenvalue weighted by Gasteiger charge is -2.14. The van der Waals surface area contributed by atoms with Crippen molar-refractivity contribution in [2.24, 2.45) is 0 Å². The van der Waals surface area contributed by atoms with Gasteiger partial charge >= 0.3 is 6.18 Å². The Hall–Kier alpha value is -0.970. The summed E-state index contributed by atoms with van der Waals surface area (Å²) in [5.41, 5.74) is -2.53. The van der Waals surface area contributed by atoms with E-state index < -0.39 is 31.2 Å². The maximum Gasteiger partial charge on any atom is 0.419 e. The first-order valence-corrected chi connectivity index (χ1v) is 7.11. The third-order valence-electron chi connectivity index (χ3n) is 2.06. The predicted octanol–water partition coefficient (Wildman–Crippen LogP) is 3.24. The lowest BCUT2D eigenvalue weighted by molar-refractivity contribution is -0.140. The fourth-order valence-electron chi connectivity index (χ4n) is 1.35. The first-order chi connectivity index (χ1) is 8.12. The molecule has 0 unspecified atom stereocenters. The highest BCUT2D eigenvalue weighted by Gasteiger charge is 2.40. The van der Waals surface area contributed by atoms with Crippen LogP contribution in [0, 0.1) is 11.3 Å². The van der Waals surface area contributed by atoms with Crippen molar-refractivity contribution in [1.82, 2.24) is 0 Å². The zero-order chi connectivity index (χ0) is 14.1. The van der Waals surface area contributed by atoms with Gasteiger partial charge in [0.15, 0.2) is 0 Å². The van der Waals surface area contributed by atoms with E-state index in [1.54, 1.807) is 0 Å². The minimum Gasteiger partial charge on any atom is -0.207 e. The Labute approximate surface area is 110 Å². The summed E-state index contributed by atoms with van der Waals surface area (Å²) in [6, 6.07) is 3.01. The van der Waals surface area contributed by atoms with Gasteiger partial charge in [0, 0.05) is 16.6 Å². The molecule has 0 heterocycles. The largest absolute Gasteiger partial charge is 0.419 e. The molecule has 0 radical (unpaired) electrons. The van der Waals surface area contributed by atoms with Gasteiger partial charge in [-0.15, -0.1) is 11.6 Å². The Balaban J connectivity index is 3.85. The van der Waals surface area contributed by atoms with E-state index in [1.807, 2.05) is 0 Å². The molecule has 98 valence electrons. The van der Waals surface area contributed by atoms with E-state index in [2.05, 4.69) is 0 Å². The average molecular weight is 318 g/mol. The van der Waals surface area contributed by atoms with E-state index in [-0.39, 0.29) is 11.4 Å². The van der Waals surface area contributed by atoms with Crippen molar-refractivity contribution >= 4 is 31.3 Å². The zero-order valence-electron chi connectivity index (χ0n) is 8.42. The molecule has 0 spiro atoms. The number of nitrogens with zero attached hydrogens (tertiary/aromatic N) is 1. The molecule has 1 aromatic rings. The second-order valence-electron chi connectivity index (χ2n) is 3.15. The third kappa shape index (κ3) is 2.88. The summed E-state index contributed by atoms with van der Waals surface area (Å²) < 4.78 is 60.7. The minimum atomic E-state index is -5.02. The summed E-state index contributed by atoms with van der Waals surface area (Å²) in [5, 5.41) is 8.74. The smallest absolute Gasteiger partial charge is 0.207 e. The van der Waals surface area contributed by atoms with Crippen molar-refractivity contribution in [3.8, 4) is 6.07 Å². The lowest BCUT2D eigenvalue weighted by Crippen LogP contribution is -2.14. The molecule has 0 fully saturated rings. The van der Waals surface area contributed by atoms with Gasteiger partial charge < -0.3 is 0 Å². The quantitative estimate of drug-likeness (QED) is 0.621. The minimum absolute atomic E-state index is 0.115. The highest BCUT2D eigenvalue weighted by atomic mass is 35.7. The van der Waals surface area contributed by atoms with Gasteiger partial charge in [0.05, 0.1) is 16.0 Å². The summed E-state index contributed by atoms with van der Waals surface area (Å²) in [4.78, 5) is -1.15. The van der Waals surface area contributed by atoms with Gasteiger partial charge in [-0.25, -0.2) is 8.42 Å². The van der Waals surface area contributed by atoms with E-state index in [9.17, 15) is 21.6 Å². The van der Waals surface area contributed by atoms with Crippen molar-refractivity contribution < 1.29 is 21.6 Å². The van der Waals surface area contributed by atoms with Gasteiger partial charge in [-0.2, -0.15) is 18.4 Å². The molecule has 0 aliphatic carbocycles. The highest BCUT2D eigenvalue weighted by Crippen LogP contribution is 2.39. The van der Waals surface area contributed by atoms with Gasteiger partial charge in [0.1, 0.15) is 6.07 Å². The molecule has 1 rings (SSSR count). The summed E-state index contributed by atoms with van der Waals surface area (Å²) >= 11 is 5.40. The van der Waals surface area contributed by atoms with Crippen LogP contribution >= 0.6 is 22.3 Å². The number of nitriles is 1. The van der Waals surface area contributed by atoms with E-state index in [0.717, 1.165) is 6.07 Å².